The third-order valence-electron chi connectivity index (χ3n) is 16.1. The Morgan fingerprint density at radius 3 is 0.560 bits per heavy atom. The van der Waals surface area contributed by atoms with E-state index in [2.05, 4.69) is 250 Å². The zero-order chi connectivity index (χ0) is 49.6. The first-order valence-corrected chi connectivity index (χ1v) is 25.1. The van der Waals surface area contributed by atoms with E-state index in [1.54, 1.807) is 0 Å². The molecule has 0 bridgehead atoms. The number of aromatic nitrogens is 3. The standard InChI is InChI=1S/C69H36N6/c70-37-52-67(73-55-31-25-40-13-1-7-19-46(40)61(55)62-47-20-8-2-14-41(47)26-32-56(62)73)53(38-71)69(75-59-35-29-44-17-5-11-23-50(44)65(59)66-51-24-12-6-18-45(51)30-36-60(66)75)54(39-72)68(52)74-57-33-27-42-15-3-9-21-48(42)63(57)64-49-22-10-4-16-43(49)28-34-58(64)74/h1-36H. The predicted octanol–water partition coefficient (Wildman–Crippen LogP) is 17.5. The smallest absolute Gasteiger partial charge is 0.104 e. The number of hydrogen-bond donors (Lipinski definition) is 0. The summed E-state index contributed by atoms with van der Waals surface area (Å²) in [5, 5.41) is 55.9. The molecule has 75 heavy (non-hydrogen) atoms. The van der Waals surface area contributed by atoms with Gasteiger partial charge in [-0.3, -0.25) is 0 Å². The van der Waals surface area contributed by atoms with Gasteiger partial charge in [-0.1, -0.05) is 182 Å². The third-order valence-corrected chi connectivity index (χ3v) is 16.1. The SMILES string of the molecule is N#Cc1c(-n2c3ccc4ccccc4c3c3c4ccccc4ccc32)c(C#N)c(-n2c3ccc4ccccc4c3c3c4ccccc4ccc32)c(C#N)c1-n1c2ccc3ccccc3c2c2c3ccccc3ccc21. The van der Waals surface area contributed by atoms with Crippen molar-refractivity contribution in [3.63, 3.8) is 0 Å². The zero-order valence-corrected chi connectivity index (χ0v) is 40.0. The lowest BCUT2D eigenvalue weighted by Gasteiger charge is -2.23. The highest BCUT2D eigenvalue weighted by Crippen LogP contribution is 2.50. The zero-order valence-electron chi connectivity index (χ0n) is 40.0. The fourth-order valence-corrected chi connectivity index (χ4v) is 13.1. The normalized spacial score (nSPS) is 12.0. The van der Waals surface area contributed by atoms with Crippen molar-refractivity contribution in [3.8, 4) is 35.3 Å². The Kier molecular flexibility index (Phi) is 8.28. The maximum absolute atomic E-state index is 12.3. The van der Waals surface area contributed by atoms with Gasteiger partial charge in [-0.25, -0.2) is 0 Å². The van der Waals surface area contributed by atoms with Crippen LogP contribution in [0.4, 0.5) is 0 Å². The molecule has 13 aromatic carbocycles. The van der Waals surface area contributed by atoms with Gasteiger partial charge in [-0.2, -0.15) is 15.8 Å². The summed E-state index contributed by atoms with van der Waals surface area (Å²) in [5.41, 5.74) is 6.90. The Balaban J connectivity index is 1.20. The lowest BCUT2D eigenvalue weighted by molar-refractivity contribution is 1.06. The maximum Gasteiger partial charge on any atom is 0.104 e. The Morgan fingerprint density at radius 2 is 0.387 bits per heavy atom. The van der Waals surface area contributed by atoms with Crippen molar-refractivity contribution in [2.75, 3.05) is 0 Å². The van der Waals surface area contributed by atoms with Crippen LogP contribution in [0.3, 0.4) is 0 Å². The molecule has 0 spiro atoms. The van der Waals surface area contributed by atoms with Crippen LogP contribution >= 0.6 is 0 Å². The van der Waals surface area contributed by atoms with Crippen LogP contribution in [0.1, 0.15) is 16.7 Å². The minimum atomic E-state index is 0.212. The summed E-state index contributed by atoms with van der Waals surface area (Å²) in [6.45, 7) is 0. The maximum atomic E-state index is 12.3. The van der Waals surface area contributed by atoms with Gasteiger partial charge < -0.3 is 13.7 Å². The molecule has 3 aromatic heterocycles. The molecule has 6 heteroatoms. The second-order valence-corrected chi connectivity index (χ2v) is 19.6. The van der Waals surface area contributed by atoms with Gasteiger partial charge in [0, 0.05) is 32.3 Å². The van der Waals surface area contributed by atoms with E-state index in [0.717, 1.165) is 130 Å². The van der Waals surface area contributed by atoms with Crippen molar-refractivity contribution < 1.29 is 0 Å². The number of rotatable bonds is 3. The van der Waals surface area contributed by atoms with Crippen LogP contribution in [0.2, 0.25) is 0 Å². The minimum Gasteiger partial charge on any atom is -0.306 e. The topological polar surface area (TPSA) is 86.2 Å². The largest absolute Gasteiger partial charge is 0.306 e. The number of hydrogen-bond acceptors (Lipinski definition) is 3. The molecule has 0 amide bonds. The molecule has 3 heterocycles. The molecule has 0 N–H and O–H groups in total. The lowest BCUT2D eigenvalue weighted by atomic mass is 9.96. The second-order valence-electron chi connectivity index (χ2n) is 19.6. The molecule has 0 saturated carbocycles. The van der Waals surface area contributed by atoms with Gasteiger partial charge in [0.2, 0.25) is 0 Å². The quantitative estimate of drug-likeness (QED) is 0.177. The molecule has 0 aliphatic rings. The summed E-state index contributed by atoms with van der Waals surface area (Å²) in [5.74, 6) is 0. The molecular formula is C69H36N6. The van der Waals surface area contributed by atoms with E-state index in [1.807, 2.05) is 0 Å². The van der Waals surface area contributed by atoms with Gasteiger partial charge in [-0.05, 0) is 101 Å². The second kappa shape index (κ2) is 15.2. The number of nitriles is 3. The van der Waals surface area contributed by atoms with E-state index in [-0.39, 0.29) is 16.7 Å². The molecule has 0 aliphatic carbocycles. The predicted molar refractivity (Wildman–Crippen MR) is 309 cm³/mol. The Bertz CT molecular complexity index is 4580. The summed E-state index contributed by atoms with van der Waals surface area (Å²) in [6, 6.07) is 84.3. The van der Waals surface area contributed by atoms with Crippen molar-refractivity contribution in [1.29, 1.82) is 15.8 Å². The van der Waals surface area contributed by atoms with E-state index in [4.69, 9.17) is 0 Å². The summed E-state index contributed by atoms with van der Waals surface area (Å²) in [6.07, 6.45) is 0. The van der Waals surface area contributed by atoms with E-state index in [0.29, 0.717) is 17.1 Å². The van der Waals surface area contributed by atoms with Crippen molar-refractivity contribution in [1.82, 2.24) is 13.7 Å². The van der Waals surface area contributed by atoms with E-state index in [1.165, 1.54) is 0 Å². The van der Waals surface area contributed by atoms with Gasteiger partial charge >= 0.3 is 0 Å². The van der Waals surface area contributed by atoms with Gasteiger partial charge in [0.15, 0.2) is 0 Å². The molecule has 0 aliphatic heterocycles. The van der Waals surface area contributed by atoms with Crippen molar-refractivity contribution >= 4 is 130 Å². The molecule has 0 fully saturated rings. The molecule has 342 valence electrons. The summed E-state index contributed by atoms with van der Waals surface area (Å²) in [7, 11) is 0. The lowest BCUT2D eigenvalue weighted by Crippen LogP contribution is -2.14. The van der Waals surface area contributed by atoms with Gasteiger partial charge in [-0.15, -0.1) is 0 Å². The Hall–Kier alpha value is -10.7. The van der Waals surface area contributed by atoms with Gasteiger partial charge in [0.05, 0.1) is 50.2 Å². The molecule has 16 rings (SSSR count). The average Bonchev–Trinajstić information content (AvgIpc) is 4.27. The van der Waals surface area contributed by atoms with Crippen LogP contribution in [-0.2, 0) is 0 Å². The summed E-state index contributed by atoms with van der Waals surface area (Å²) in [4.78, 5) is 0. The van der Waals surface area contributed by atoms with E-state index >= 15 is 0 Å². The molecule has 0 unspecified atom stereocenters. The van der Waals surface area contributed by atoms with Crippen LogP contribution < -0.4 is 0 Å². The Labute approximate surface area is 427 Å². The third kappa shape index (κ3) is 5.33. The van der Waals surface area contributed by atoms with Crippen LogP contribution in [0.25, 0.3) is 147 Å². The molecule has 0 saturated heterocycles. The van der Waals surface area contributed by atoms with Crippen molar-refractivity contribution in [2.24, 2.45) is 0 Å². The van der Waals surface area contributed by atoms with Crippen LogP contribution in [-0.4, -0.2) is 13.7 Å². The molecule has 16 aromatic rings. The van der Waals surface area contributed by atoms with E-state index in [9.17, 15) is 15.8 Å². The highest BCUT2D eigenvalue weighted by Gasteiger charge is 2.34. The Morgan fingerprint density at radius 1 is 0.213 bits per heavy atom. The fraction of sp³-hybridized carbons (Fsp3) is 0. The van der Waals surface area contributed by atoms with Gasteiger partial charge in [0.1, 0.15) is 34.9 Å². The highest BCUT2D eigenvalue weighted by molar-refractivity contribution is 6.32. The highest BCUT2D eigenvalue weighted by atomic mass is 15.1. The number of benzene rings is 13. The van der Waals surface area contributed by atoms with Crippen LogP contribution in [0.15, 0.2) is 218 Å². The van der Waals surface area contributed by atoms with E-state index < -0.39 is 0 Å². The van der Waals surface area contributed by atoms with Crippen LogP contribution in [0, 0.1) is 34.0 Å². The van der Waals surface area contributed by atoms with Crippen molar-refractivity contribution in [3.05, 3.63) is 235 Å². The summed E-state index contributed by atoms with van der Waals surface area (Å²) < 4.78 is 6.44. The average molecular weight is 949 g/mol. The number of fused-ring (bicyclic) bond motifs is 21. The minimum absolute atomic E-state index is 0.212. The van der Waals surface area contributed by atoms with Crippen molar-refractivity contribution in [2.45, 2.75) is 0 Å². The van der Waals surface area contributed by atoms with Crippen LogP contribution in [0.5, 0.6) is 0 Å². The first-order chi connectivity index (χ1) is 37.1. The fourth-order valence-electron chi connectivity index (χ4n) is 13.1. The first kappa shape index (κ1) is 41.0. The molecule has 0 atom stereocenters. The molecule has 0 radical (unpaired) electrons. The summed E-state index contributed by atoms with van der Waals surface area (Å²) >= 11 is 0. The first-order valence-electron chi connectivity index (χ1n) is 25.1. The number of nitrogens with zero attached hydrogens (tertiary/aromatic N) is 6. The monoisotopic (exact) mass is 948 g/mol. The molecule has 6 nitrogen and oxygen atoms in total. The molecular weight excluding hydrogens is 913 g/mol. The van der Waals surface area contributed by atoms with Gasteiger partial charge in [0.25, 0.3) is 0 Å².